The van der Waals surface area contributed by atoms with Crippen LogP contribution in [0.15, 0.2) is 60.8 Å². The first-order chi connectivity index (χ1) is 16.0. The Morgan fingerprint density at radius 1 is 1.03 bits per heavy atom. The van der Waals surface area contributed by atoms with Gasteiger partial charge >= 0.3 is 0 Å². The molecule has 0 aliphatic heterocycles. The monoisotopic (exact) mass is 477 g/mol. The molecule has 0 fully saturated rings. The Balaban J connectivity index is 1.64. The Hall–Kier alpha value is -3.53. The van der Waals surface area contributed by atoms with Crippen molar-refractivity contribution in [3.05, 3.63) is 71.4 Å². The predicted molar refractivity (Wildman–Crippen MR) is 134 cm³/mol. The lowest BCUT2D eigenvalue weighted by molar-refractivity contribution is 0.342. The molecule has 33 heavy (non-hydrogen) atoms. The highest BCUT2D eigenvalue weighted by Crippen LogP contribution is 2.36. The molecule has 0 unspecified atom stereocenters. The summed E-state index contributed by atoms with van der Waals surface area (Å²) in [5.74, 6) is 1.07. The molecule has 0 radical (unpaired) electrons. The third-order valence-electron chi connectivity index (χ3n) is 5.17. The van der Waals surface area contributed by atoms with Crippen molar-refractivity contribution < 1.29 is 4.74 Å². The largest absolute Gasteiger partial charge is 0.489 e. The van der Waals surface area contributed by atoms with E-state index in [0.717, 1.165) is 33.5 Å². The Labute approximate surface area is 202 Å². The van der Waals surface area contributed by atoms with E-state index in [2.05, 4.69) is 33.1 Å². The Morgan fingerprint density at radius 2 is 1.79 bits per heavy atom. The fraction of sp³-hybridized carbons (Fsp3) is 0.160. The molecule has 3 aromatic carbocycles. The molecule has 0 bridgehead atoms. The molecule has 0 aliphatic carbocycles. The first kappa shape index (κ1) is 22.7. The maximum atomic E-state index is 9.59. The van der Waals surface area contributed by atoms with Gasteiger partial charge in [-0.1, -0.05) is 29.8 Å². The summed E-state index contributed by atoms with van der Waals surface area (Å²) in [6, 6.07) is 19.8. The number of hydrogen-bond donors (Lipinski definition) is 1. The standard InChI is InChI=1S/C25H21Cl2N5O/c1-2-32(20-11-18(14-28)25(21(27)13-20)33-10-9-26)19-6-3-16(4-7-19)17-5-8-22-23(12-17)30-15-24(29)31-22/h3-8,11-13,15H,2,9-10H2,1H3,(H2,29,31). The second-order valence-corrected chi connectivity index (χ2v) is 8.03. The van der Waals surface area contributed by atoms with Crippen molar-refractivity contribution in [2.45, 2.75) is 6.92 Å². The number of halogens is 2. The average molecular weight is 478 g/mol. The van der Waals surface area contributed by atoms with Crippen LogP contribution in [0.2, 0.25) is 5.02 Å². The molecule has 1 heterocycles. The van der Waals surface area contributed by atoms with Crippen molar-refractivity contribution in [1.29, 1.82) is 5.26 Å². The van der Waals surface area contributed by atoms with Gasteiger partial charge in [-0.15, -0.1) is 11.6 Å². The van der Waals surface area contributed by atoms with Crippen LogP contribution >= 0.6 is 23.2 Å². The van der Waals surface area contributed by atoms with Gasteiger partial charge in [0.2, 0.25) is 0 Å². The summed E-state index contributed by atoms with van der Waals surface area (Å²) in [5, 5.41) is 9.96. The van der Waals surface area contributed by atoms with Gasteiger partial charge in [0, 0.05) is 17.9 Å². The number of fused-ring (bicyclic) bond motifs is 1. The molecular formula is C25H21Cl2N5O. The quantitative estimate of drug-likeness (QED) is 0.319. The summed E-state index contributed by atoms with van der Waals surface area (Å²) in [7, 11) is 0. The minimum absolute atomic E-state index is 0.280. The van der Waals surface area contributed by atoms with E-state index in [-0.39, 0.29) is 6.61 Å². The number of benzene rings is 3. The third-order valence-corrected chi connectivity index (χ3v) is 5.61. The number of nitrogens with two attached hydrogens (primary N) is 1. The van der Waals surface area contributed by atoms with Crippen LogP contribution in [0.3, 0.4) is 0 Å². The zero-order chi connectivity index (χ0) is 23.4. The second kappa shape index (κ2) is 9.95. The molecule has 166 valence electrons. The molecule has 0 saturated carbocycles. The van der Waals surface area contributed by atoms with Crippen LogP contribution < -0.4 is 15.4 Å². The zero-order valence-electron chi connectivity index (χ0n) is 17.9. The summed E-state index contributed by atoms with van der Waals surface area (Å²) in [4.78, 5) is 10.7. The number of anilines is 3. The van der Waals surface area contributed by atoms with E-state index in [1.54, 1.807) is 18.3 Å². The number of nitrogens with zero attached hydrogens (tertiary/aromatic N) is 4. The van der Waals surface area contributed by atoms with Gasteiger partial charge in [-0.2, -0.15) is 5.26 Å². The van der Waals surface area contributed by atoms with Gasteiger partial charge in [-0.05, 0) is 54.4 Å². The molecular weight excluding hydrogens is 457 g/mol. The van der Waals surface area contributed by atoms with Crippen LogP contribution in [0.4, 0.5) is 17.2 Å². The van der Waals surface area contributed by atoms with Crippen molar-refractivity contribution in [1.82, 2.24) is 9.97 Å². The number of rotatable bonds is 7. The van der Waals surface area contributed by atoms with E-state index < -0.39 is 0 Å². The highest BCUT2D eigenvalue weighted by atomic mass is 35.5. The lowest BCUT2D eigenvalue weighted by Crippen LogP contribution is -2.16. The van der Waals surface area contributed by atoms with E-state index in [9.17, 15) is 5.26 Å². The fourth-order valence-electron chi connectivity index (χ4n) is 3.66. The van der Waals surface area contributed by atoms with E-state index in [1.165, 1.54) is 0 Å². The molecule has 0 amide bonds. The van der Waals surface area contributed by atoms with Gasteiger partial charge in [-0.3, -0.25) is 4.98 Å². The summed E-state index contributed by atoms with van der Waals surface area (Å²) >= 11 is 12.1. The normalized spacial score (nSPS) is 10.7. The van der Waals surface area contributed by atoms with Gasteiger partial charge in [0.1, 0.15) is 18.5 Å². The number of aromatic nitrogens is 2. The molecule has 0 aliphatic rings. The van der Waals surface area contributed by atoms with Gasteiger partial charge < -0.3 is 15.4 Å². The Bertz CT molecular complexity index is 1340. The van der Waals surface area contributed by atoms with Crippen LogP contribution in [0.1, 0.15) is 12.5 Å². The molecule has 4 aromatic rings. The molecule has 0 saturated heterocycles. The smallest absolute Gasteiger partial charge is 0.155 e. The van der Waals surface area contributed by atoms with Crippen LogP contribution in [0.25, 0.3) is 22.2 Å². The zero-order valence-corrected chi connectivity index (χ0v) is 19.4. The second-order valence-electron chi connectivity index (χ2n) is 7.24. The van der Waals surface area contributed by atoms with Crippen molar-refractivity contribution in [2.75, 3.05) is 29.7 Å². The van der Waals surface area contributed by atoms with Gasteiger partial charge in [0.25, 0.3) is 0 Å². The van der Waals surface area contributed by atoms with Crippen molar-refractivity contribution in [3.8, 4) is 22.9 Å². The maximum Gasteiger partial charge on any atom is 0.155 e. The molecule has 8 heteroatoms. The van der Waals surface area contributed by atoms with Crippen molar-refractivity contribution >= 4 is 51.4 Å². The van der Waals surface area contributed by atoms with Crippen molar-refractivity contribution in [3.63, 3.8) is 0 Å². The minimum atomic E-state index is 0.280. The lowest BCUT2D eigenvalue weighted by atomic mass is 10.0. The topological polar surface area (TPSA) is 88.1 Å². The Kier molecular flexibility index (Phi) is 6.83. The number of nitriles is 1. The molecule has 4 rings (SSSR count). The number of ether oxygens (including phenoxy) is 1. The van der Waals surface area contributed by atoms with Crippen LogP contribution in [0, 0.1) is 11.3 Å². The van der Waals surface area contributed by atoms with E-state index >= 15 is 0 Å². The summed E-state index contributed by atoms with van der Waals surface area (Å²) < 4.78 is 5.56. The molecule has 2 N–H and O–H groups in total. The molecule has 1 aromatic heterocycles. The SMILES string of the molecule is CCN(c1ccc(-c2ccc3nc(N)cnc3c2)cc1)c1cc(Cl)c(OCCCl)c(C#N)c1. The first-order valence-corrected chi connectivity index (χ1v) is 11.3. The maximum absolute atomic E-state index is 9.59. The molecule has 0 atom stereocenters. The highest BCUT2D eigenvalue weighted by molar-refractivity contribution is 6.32. The van der Waals surface area contributed by atoms with E-state index in [1.807, 2.05) is 37.3 Å². The van der Waals surface area contributed by atoms with Gasteiger partial charge in [-0.25, -0.2) is 4.98 Å². The van der Waals surface area contributed by atoms with Gasteiger partial charge in [0.15, 0.2) is 5.75 Å². The highest BCUT2D eigenvalue weighted by Gasteiger charge is 2.16. The molecule has 6 nitrogen and oxygen atoms in total. The number of alkyl halides is 1. The van der Waals surface area contributed by atoms with Gasteiger partial charge in [0.05, 0.1) is 33.7 Å². The third kappa shape index (κ3) is 4.80. The number of hydrogen-bond acceptors (Lipinski definition) is 6. The summed E-state index contributed by atoms with van der Waals surface area (Å²) in [6.45, 7) is 3.01. The summed E-state index contributed by atoms with van der Waals surface area (Å²) in [5.41, 5.74) is 11.5. The van der Waals surface area contributed by atoms with Crippen LogP contribution in [0.5, 0.6) is 5.75 Å². The lowest BCUT2D eigenvalue weighted by Gasteiger charge is -2.25. The van der Waals surface area contributed by atoms with Crippen LogP contribution in [-0.2, 0) is 0 Å². The minimum Gasteiger partial charge on any atom is -0.489 e. The first-order valence-electron chi connectivity index (χ1n) is 10.4. The average Bonchev–Trinajstić information content (AvgIpc) is 2.83. The summed E-state index contributed by atoms with van der Waals surface area (Å²) in [6.07, 6.45) is 1.56. The molecule has 0 spiro atoms. The van der Waals surface area contributed by atoms with Crippen molar-refractivity contribution in [2.24, 2.45) is 0 Å². The van der Waals surface area contributed by atoms with E-state index in [0.29, 0.717) is 34.6 Å². The Morgan fingerprint density at radius 3 is 2.48 bits per heavy atom. The van der Waals surface area contributed by atoms with Crippen LogP contribution in [-0.4, -0.2) is 29.0 Å². The van der Waals surface area contributed by atoms with E-state index in [4.69, 9.17) is 33.7 Å². The number of nitrogen functional groups attached to an aromatic ring is 1. The predicted octanol–water partition coefficient (Wildman–Crippen LogP) is 6.18. The fourth-order valence-corrected chi connectivity index (χ4v) is 4.00.